The number of carboxylic acid groups (broad SMARTS) is 1. The molecule has 8 heteroatoms. The fourth-order valence-corrected chi connectivity index (χ4v) is 2.78. The monoisotopic (exact) mass is 409 g/mol. The second-order valence-electron chi connectivity index (χ2n) is 3.71. The number of carbonyl (C=O) groups excluding carboxylic acids is 1. The third kappa shape index (κ3) is 3.12. The molecule has 0 radical (unpaired) electrons. The number of thiophene rings is 1. The minimum absolute atomic E-state index is 0.289. The van der Waals surface area contributed by atoms with Gasteiger partial charge in [0.25, 0.3) is 5.91 Å². The Morgan fingerprint density at radius 2 is 1.85 bits per heavy atom. The molecule has 2 N–H and O–H groups in total. The van der Waals surface area contributed by atoms with Crippen LogP contribution in [-0.4, -0.2) is 17.0 Å². The number of hydrogen-bond acceptors (Lipinski definition) is 3. The number of amides is 1. The third-order valence-corrected chi connectivity index (χ3v) is 4.16. The van der Waals surface area contributed by atoms with Gasteiger partial charge in [0.1, 0.15) is 0 Å². The van der Waals surface area contributed by atoms with E-state index in [0.29, 0.717) is 17.7 Å². The van der Waals surface area contributed by atoms with Crippen LogP contribution in [0.5, 0.6) is 0 Å². The summed E-state index contributed by atoms with van der Waals surface area (Å²) in [6, 6.07) is 2.78. The van der Waals surface area contributed by atoms with Crippen LogP contribution in [0.4, 0.5) is 14.5 Å². The van der Waals surface area contributed by atoms with Crippen LogP contribution in [0, 0.1) is 14.5 Å². The molecule has 0 spiro atoms. The second kappa shape index (κ2) is 5.83. The van der Waals surface area contributed by atoms with E-state index in [-0.39, 0.29) is 5.69 Å². The summed E-state index contributed by atoms with van der Waals surface area (Å²) in [6.07, 6.45) is 0. The second-order valence-corrected chi connectivity index (χ2v) is 6.52. The summed E-state index contributed by atoms with van der Waals surface area (Å²) in [6.45, 7) is 0. The number of rotatable bonds is 3. The molecule has 0 saturated carbocycles. The maximum atomic E-state index is 13.2. The number of carboxylic acids is 1. The standard InChI is InChI=1S/C12H6F2INO3S/c13-7-2-6(12(18)19)9(3-8(7)14)16-11(17)5-1-10(15)20-4-5/h1-4H,(H,16,17)(H,18,19). The molecule has 0 atom stereocenters. The molecule has 4 nitrogen and oxygen atoms in total. The predicted octanol–water partition coefficient (Wildman–Crippen LogP) is 3.58. The van der Waals surface area contributed by atoms with Crippen molar-refractivity contribution in [2.45, 2.75) is 0 Å². The zero-order valence-corrected chi connectivity index (χ0v) is 12.6. The molecule has 0 aliphatic rings. The quantitative estimate of drug-likeness (QED) is 0.762. The molecule has 0 saturated heterocycles. The minimum Gasteiger partial charge on any atom is -0.478 e. The summed E-state index contributed by atoms with van der Waals surface area (Å²) in [5.41, 5.74) is -0.481. The van der Waals surface area contributed by atoms with Gasteiger partial charge in [0.05, 0.1) is 19.7 Å². The molecule has 2 rings (SSSR count). The van der Waals surface area contributed by atoms with Crippen molar-refractivity contribution in [2.75, 3.05) is 5.32 Å². The Kier molecular flexibility index (Phi) is 4.33. The van der Waals surface area contributed by atoms with E-state index in [1.807, 2.05) is 22.6 Å². The van der Waals surface area contributed by atoms with Crippen molar-refractivity contribution < 1.29 is 23.5 Å². The maximum absolute atomic E-state index is 13.2. The molecular weight excluding hydrogens is 403 g/mol. The maximum Gasteiger partial charge on any atom is 0.337 e. The Bertz CT molecular complexity index is 702. The predicted molar refractivity (Wildman–Crippen MR) is 78.3 cm³/mol. The first kappa shape index (κ1) is 14.9. The summed E-state index contributed by atoms with van der Waals surface area (Å²) in [5, 5.41) is 12.8. The first-order valence-electron chi connectivity index (χ1n) is 5.16. The van der Waals surface area contributed by atoms with Crippen LogP contribution < -0.4 is 5.32 Å². The van der Waals surface area contributed by atoms with Crippen molar-refractivity contribution in [1.82, 2.24) is 0 Å². The van der Waals surface area contributed by atoms with Crippen molar-refractivity contribution in [3.63, 3.8) is 0 Å². The van der Waals surface area contributed by atoms with Crippen LogP contribution in [0.1, 0.15) is 20.7 Å². The molecular formula is C12H6F2INO3S. The highest BCUT2D eigenvalue weighted by atomic mass is 127. The molecule has 20 heavy (non-hydrogen) atoms. The van der Waals surface area contributed by atoms with Crippen molar-refractivity contribution >= 4 is 51.5 Å². The molecule has 0 unspecified atom stereocenters. The fourth-order valence-electron chi connectivity index (χ4n) is 1.45. The van der Waals surface area contributed by atoms with Crippen molar-refractivity contribution in [2.24, 2.45) is 0 Å². The molecule has 1 aromatic carbocycles. The fraction of sp³-hybridized carbons (Fsp3) is 0. The van der Waals surface area contributed by atoms with Crippen LogP contribution in [0.3, 0.4) is 0 Å². The third-order valence-electron chi connectivity index (χ3n) is 2.37. The SMILES string of the molecule is O=C(Nc1cc(F)c(F)cc1C(=O)O)c1csc(I)c1. The summed E-state index contributed by atoms with van der Waals surface area (Å²) in [5.74, 6) is -4.56. The van der Waals surface area contributed by atoms with E-state index in [1.165, 1.54) is 11.3 Å². The number of anilines is 1. The van der Waals surface area contributed by atoms with Crippen LogP contribution in [0.15, 0.2) is 23.6 Å². The van der Waals surface area contributed by atoms with Gasteiger partial charge in [0, 0.05) is 11.4 Å². The number of benzene rings is 1. The normalized spacial score (nSPS) is 10.3. The zero-order valence-electron chi connectivity index (χ0n) is 9.62. The van der Waals surface area contributed by atoms with Gasteiger partial charge in [-0.05, 0) is 34.7 Å². The van der Waals surface area contributed by atoms with E-state index >= 15 is 0 Å². The van der Waals surface area contributed by atoms with Crippen molar-refractivity contribution in [3.05, 3.63) is 49.2 Å². The summed E-state index contributed by atoms with van der Waals surface area (Å²) in [4.78, 5) is 22.8. The van der Waals surface area contributed by atoms with Crippen LogP contribution >= 0.6 is 33.9 Å². The molecule has 1 aromatic heterocycles. The molecule has 2 aromatic rings. The van der Waals surface area contributed by atoms with Gasteiger partial charge < -0.3 is 10.4 Å². The Morgan fingerprint density at radius 3 is 2.40 bits per heavy atom. The minimum atomic E-state index is -1.46. The molecule has 0 bridgehead atoms. The molecule has 0 aliphatic heterocycles. The van der Waals surface area contributed by atoms with Crippen LogP contribution in [-0.2, 0) is 0 Å². The smallest absolute Gasteiger partial charge is 0.337 e. The van der Waals surface area contributed by atoms with Gasteiger partial charge >= 0.3 is 5.97 Å². The van der Waals surface area contributed by atoms with Gasteiger partial charge in [-0.25, -0.2) is 13.6 Å². The molecule has 0 aliphatic carbocycles. The van der Waals surface area contributed by atoms with Gasteiger partial charge in [-0.2, -0.15) is 0 Å². The first-order valence-corrected chi connectivity index (χ1v) is 7.12. The molecule has 0 fully saturated rings. The number of halogens is 3. The van der Waals surface area contributed by atoms with E-state index in [9.17, 15) is 18.4 Å². The molecule has 104 valence electrons. The Labute approximate surface area is 129 Å². The largest absolute Gasteiger partial charge is 0.478 e. The highest BCUT2D eigenvalue weighted by molar-refractivity contribution is 14.1. The van der Waals surface area contributed by atoms with Gasteiger partial charge in [0.15, 0.2) is 11.6 Å². The highest BCUT2D eigenvalue weighted by Gasteiger charge is 2.18. The Balaban J connectivity index is 2.35. The Morgan fingerprint density at radius 1 is 1.20 bits per heavy atom. The van der Waals surface area contributed by atoms with Gasteiger partial charge in [-0.15, -0.1) is 11.3 Å². The lowest BCUT2D eigenvalue weighted by Crippen LogP contribution is -2.15. The number of carbonyl (C=O) groups is 2. The lowest BCUT2D eigenvalue weighted by atomic mass is 10.1. The summed E-state index contributed by atoms with van der Waals surface area (Å²) in [7, 11) is 0. The summed E-state index contributed by atoms with van der Waals surface area (Å²) < 4.78 is 27.1. The van der Waals surface area contributed by atoms with Crippen molar-refractivity contribution in [1.29, 1.82) is 0 Å². The van der Waals surface area contributed by atoms with Gasteiger partial charge in [-0.3, -0.25) is 4.79 Å². The highest BCUT2D eigenvalue weighted by Crippen LogP contribution is 2.22. The number of hydrogen-bond donors (Lipinski definition) is 2. The molecule has 1 heterocycles. The van der Waals surface area contributed by atoms with Crippen molar-refractivity contribution in [3.8, 4) is 0 Å². The van der Waals surface area contributed by atoms with E-state index < -0.39 is 29.1 Å². The van der Waals surface area contributed by atoms with Gasteiger partial charge in [0.2, 0.25) is 0 Å². The van der Waals surface area contributed by atoms with Crippen LogP contribution in [0.25, 0.3) is 0 Å². The topological polar surface area (TPSA) is 66.4 Å². The lowest BCUT2D eigenvalue weighted by Gasteiger charge is -2.08. The van der Waals surface area contributed by atoms with Crippen LogP contribution in [0.2, 0.25) is 0 Å². The van der Waals surface area contributed by atoms with E-state index in [4.69, 9.17) is 5.11 Å². The summed E-state index contributed by atoms with van der Waals surface area (Å²) >= 11 is 3.36. The van der Waals surface area contributed by atoms with E-state index in [2.05, 4.69) is 5.32 Å². The zero-order chi connectivity index (χ0) is 14.9. The van der Waals surface area contributed by atoms with Gasteiger partial charge in [-0.1, -0.05) is 0 Å². The number of aromatic carboxylic acids is 1. The first-order chi connectivity index (χ1) is 9.38. The Hall–Kier alpha value is -1.55. The average molecular weight is 409 g/mol. The average Bonchev–Trinajstić information content (AvgIpc) is 2.80. The lowest BCUT2D eigenvalue weighted by molar-refractivity contribution is 0.0697. The van der Waals surface area contributed by atoms with E-state index in [1.54, 1.807) is 11.4 Å². The molecule has 1 amide bonds. The van der Waals surface area contributed by atoms with E-state index in [0.717, 1.165) is 2.88 Å². The number of nitrogens with one attached hydrogen (secondary N) is 1.